The van der Waals surface area contributed by atoms with Crippen molar-refractivity contribution in [1.29, 1.82) is 0 Å². The molecule has 2 aromatic heterocycles. The van der Waals surface area contributed by atoms with E-state index in [-0.39, 0.29) is 0 Å². The molecular formula is C7H7N3O. The van der Waals surface area contributed by atoms with E-state index in [1.54, 1.807) is 6.20 Å². The predicted octanol–water partition coefficient (Wildman–Crippen LogP) is 0.682. The average molecular weight is 149 g/mol. The van der Waals surface area contributed by atoms with Crippen molar-refractivity contribution in [1.82, 2.24) is 9.97 Å². The highest BCUT2D eigenvalue weighted by Crippen LogP contribution is 2.13. The van der Waals surface area contributed by atoms with Gasteiger partial charge in [0.15, 0.2) is 17.6 Å². The van der Waals surface area contributed by atoms with Gasteiger partial charge >= 0.3 is 0 Å². The highest BCUT2D eigenvalue weighted by atomic mass is 16.3. The summed E-state index contributed by atoms with van der Waals surface area (Å²) in [5.74, 6) is 0. The van der Waals surface area contributed by atoms with Gasteiger partial charge in [0.2, 0.25) is 0 Å². The standard InChI is InChI=1S/C7H7N3O/c8-3-5-1-2-9-7-6(5)11-4-10-7/h1-2,4H,3,8H2. The first-order valence-electron chi connectivity index (χ1n) is 3.29. The molecule has 0 aliphatic heterocycles. The lowest BCUT2D eigenvalue weighted by Crippen LogP contribution is -1.96. The van der Waals surface area contributed by atoms with Crippen LogP contribution < -0.4 is 5.73 Å². The number of hydrogen-bond acceptors (Lipinski definition) is 4. The minimum Gasteiger partial charge on any atom is -0.441 e. The van der Waals surface area contributed by atoms with E-state index in [0.717, 1.165) is 5.56 Å². The van der Waals surface area contributed by atoms with Crippen molar-refractivity contribution >= 4 is 11.2 Å². The molecule has 0 spiro atoms. The second-order valence-corrected chi connectivity index (χ2v) is 2.18. The molecule has 2 rings (SSSR count). The molecule has 0 unspecified atom stereocenters. The molecule has 0 radical (unpaired) electrons. The van der Waals surface area contributed by atoms with Crippen LogP contribution in [-0.2, 0) is 6.54 Å². The minimum absolute atomic E-state index is 0.453. The second-order valence-electron chi connectivity index (χ2n) is 2.18. The van der Waals surface area contributed by atoms with Gasteiger partial charge in [-0.05, 0) is 6.07 Å². The smallest absolute Gasteiger partial charge is 0.198 e. The van der Waals surface area contributed by atoms with Crippen LogP contribution in [0.4, 0.5) is 0 Å². The molecular weight excluding hydrogens is 142 g/mol. The molecule has 0 atom stereocenters. The molecule has 0 aliphatic rings. The third-order valence-corrected chi connectivity index (χ3v) is 1.53. The van der Waals surface area contributed by atoms with Gasteiger partial charge in [-0.15, -0.1) is 0 Å². The normalized spacial score (nSPS) is 10.6. The monoisotopic (exact) mass is 149 g/mol. The van der Waals surface area contributed by atoms with E-state index in [9.17, 15) is 0 Å². The summed E-state index contributed by atoms with van der Waals surface area (Å²) in [5, 5.41) is 0. The lowest BCUT2D eigenvalue weighted by Gasteiger charge is -1.93. The van der Waals surface area contributed by atoms with Gasteiger partial charge in [0.25, 0.3) is 0 Å². The Morgan fingerprint density at radius 1 is 1.45 bits per heavy atom. The zero-order chi connectivity index (χ0) is 7.68. The molecule has 0 bridgehead atoms. The third kappa shape index (κ3) is 0.877. The largest absolute Gasteiger partial charge is 0.441 e. The fraction of sp³-hybridized carbons (Fsp3) is 0.143. The van der Waals surface area contributed by atoms with Crippen LogP contribution in [-0.4, -0.2) is 9.97 Å². The van der Waals surface area contributed by atoms with E-state index in [4.69, 9.17) is 10.2 Å². The van der Waals surface area contributed by atoms with Crippen molar-refractivity contribution in [2.24, 2.45) is 5.73 Å². The second kappa shape index (κ2) is 2.32. The molecule has 2 N–H and O–H groups in total. The Hall–Kier alpha value is -1.42. The van der Waals surface area contributed by atoms with E-state index in [2.05, 4.69) is 9.97 Å². The number of nitrogens with zero attached hydrogens (tertiary/aromatic N) is 2. The first-order chi connectivity index (χ1) is 5.42. The van der Waals surface area contributed by atoms with Crippen molar-refractivity contribution < 1.29 is 4.42 Å². The topological polar surface area (TPSA) is 64.9 Å². The maximum atomic E-state index is 5.46. The Kier molecular flexibility index (Phi) is 1.33. The highest BCUT2D eigenvalue weighted by Gasteiger charge is 2.02. The zero-order valence-electron chi connectivity index (χ0n) is 5.82. The van der Waals surface area contributed by atoms with Crippen LogP contribution in [0.1, 0.15) is 5.56 Å². The Labute approximate surface area is 63.1 Å². The fourth-order valence-corrected chi connectivity index (χ4v) is 0.986. The van der Waals surface area contributed by atoms with Gasteiger partial charge in [0.1, 0.15) is 0 Å². The lowest BCUT2D eigenvalue weighted by molar-refractivity contribution is 0.597. The molecule has 2 aromatic rings. The highest BCUT2D eigenvalue weighted by molar-refractivity contribution is 5.70. The maximum absolute atomic E-state index is 5.46. The van der Waals surface area contributed by atoms with Gasteiger partial charge in [-0.1, -0.05) is 0 Å². The summed E-state index contributed by atoms with van der Waals surface area (Å²) in [5.41, 5.74) is 7.71. The van der Waals surface area contributed by atoms with E-state index in [1.165, 1.54) is 6.39 Å². The van der Waals surface area contributed by atoms with Gasteiger partial charge < -0.3 is 10.2 Å². The van der Waals surface area contributed by atoms with Gasteiger partial charge in [-0.25, -0.2) is 4.98 Å². The third-order valence-electron chi connectivity index (χ3n) is 1.53. The van der Waals surface area contributed by atoms with Gasteiger partial charge in [0, 0.05) is 18.3 Å². The summed E-state index contributed by atoms with van der Waals surface area (Å²) in [6, 6.07) is 1.83. The number of oxazole rings is 1. The van der Waals surface area contributed by atoms with Crippen LogP contribution in [0.25, 0.3) is 11.2 Å². The molecule has 11 heavy (non-hydrogen) atoms. The zero-order valence-corrected chi connectivity index (χ0v) is 5.82. The molecule has 0 saturated heterocycles. The Morgan fingerprint density at radius 2 is 2.36 bits per heavy atom. The molecule has 4 heteroatoms. The molecule has 2 heterocycles. The van der Waals surface area contributed by atoms with Crippen LogP contribution in [0, 0.1) is 0 Å². The summed E-state index contributed by atoms with van der Waals surface area (Å²) in [6.45, 7) is 0.453. The first kappa shape index (κ1) is 6.30. The Morgan fingerprint density at radius 3 is 3.18 bits per heavy atom. The fourth-order valence-electron chi connectivity index (χ4n) is 0.986. The van der Waals surface area contributed by atoms with Gasteiger partial charge in [-0.2, -0.15) is 4.98 Å². The molecule has 56 valence electrons. The van der Waals surface area contributed by atoms with E-state index < -0.39 is 0 Å². The van der Waals surface area contributed by atoms with Crippen LogP contribution in [0.2, 0.25) is 0 Å². The maximum Gasteiger partial charge on any atom is 0.198 e. The van der Waals surface area contributed by atoms with Crippen molar-refractivity contribution in [2.45, 2.75) is 6.54 Å². The van der Waals surface area contributed by atoms with Crippen LogP contribution in [0.3, 0.4) is 0 Å². The Balaban J connectivity index is 2.79. The number of rotatable bonds is 1. The molecule has 4 nitrogen and oxygen atoms in total. The van der Waals surface area contributed by atoms with E-state index in [0.29, 0.717) is 17.8 Å². The van der Waals surface area contributed by atoms with Crippen LogP contribution in [0.15, 0.2) is 23.1 Å². The summed E-state index contributed by atoms with van der Waals surface area (Å²) in [7, 11) is 0. The number of fused-ring (bicyclic) bond motifs is 1. The summed E-state index contributed by atoms with van der Waals surface area (Å²) in [6.07, 6.45) is 3.05. The first-order valence-corrected chi connectivity index (χ1v) is 3.29. The van der Waals surface area contributed by atoms with Crippen molar-refractivity contribution in [3.8, 4) is 0 Å². The minimum atomic E-state index is 0.453. The molecule has 0 fully saturated rings. The summed E-state index contributed by atoms with van der Waals surface area (Å²) < 4.78 is 5.09. The van der Waals surface area contributed by atoms with E-state index >= 15 is 0 Å². The van der Waals surface area contributed by atoms with E-state index in [1.807, 2.05) is 6.07 Å². The van der Waals surface area contributed by atoms with Crippen molar-refractivity contribution in [3.63, 3.8) is 0 Å². The Bertz CT molecular complexity index is 368. The number of aromatic nitrogens is 2. The van der Waals surface area contributed by atoms with Crippen LogP contribution >= 0.6 is 0 Å². The molecule has 0 amide bonds. The molecule has 0 saturated carbocycles. The van der Waals surface area contributed by atoms with Crippen molar-refractivity contribution in [2.75, 3.05) is 0 Å². The van der Waals surface area contributed by atoms with Crippen molar-refractivity contribution in [3.05, 3.63) is 24.2 Å². The predicted molar refractivity (Wildman–Crippen MR) is 39.7 cm³/mol. The molecule has 0 aliphatic carbocycles. The number of pyridine rings is 1. The number of nitrogens with two attached hydrogens (primary N) is 1. The SMILES string of the molecule is NCc1ccnc2ncoc12. The van der Waals surface area contributed by atoms with Gasteiger partial charge in [-0.3, -0.25) is 0 Å². The average Bonchev–Trinajstić information content (AvgIpc) is 2.50. The van der Waals surface area contributed by atoms with Crippen LogP contribution in [0.5, 0.6) is 0 Å². The molecule has 0 aromatic carbocycles. The summed E-state index contributed by atoms with van der Waals surface area (Å²) >= 11 is 0. The summed E-state index contributed by atoms with van der Waals surface area (Å²) in [4.78, 5) is 7.88. The number of hydrogen-bond donors (Lipinski definition) is 1. The van der Waals surface area contributed by atoms with Gasteiger partial charge in [0.05, 0.1) is 0 Å². The lowest BCUT2D eigenvalue weighted by atomic mass is 10.2. The quantitative estimate of drug-likeness (QED) is 0.647.